The first kappa shape index (κ1) is 25.2. The number of aliphatic imine (C=N–C) groups is 1. The minimum atomic E-state index is -0.156. The van der Waals surface area contributed by atoms with Gasteiger partial charge in [-0.05, 0) is 69.6 Å². The molecule has 2 aliphatic rings. The number of likely N-dealkylation sites (tertiary alicyclic amines) is 1. The summed E-state index contributed by atoms with van der Waals surface area (Å²) in [4.78, 5) is 21.0. The van der Waals surface area contributed by atoms with Crippen LogP contribution < -0.4 is 21.3 Å². The lowest BCUT2D eigenvalue weighted by molar-refractivity contribution is -0.123. The minimum Gasteiger partial charge on any atom is -0.369 e. The minimum absolute atomic E-state index is 0. The largest absolute Gasteiger partial charge is 0.369 e. The SMILES string of the molecule is CCNC(=NCCCN1CCCC(C(N)=O)C1)NC1CCN(c2cccs2)CC1.I. The Morgan fingerprint density at radius 1 is 1.30 bits per heavy atom. The fourth-order valence-electron chi connectivity index (χ4n) is 4.18. The normalized spacial score (nSPS) is 21.2. The van der Waals surface area contributed by atoms with Gasteiger partial charge in [0.15, 0.2) is 5.96 Å². The molecule has 1 aromatic heterocycles. The molecule has 0 radical (unpaired) electrons. The Bertz CT molecular complexity index is 648. The average Bonchev–Trinajstić information content (AvgIpc) is 3.27. The van der Waals surface area contributed by atoms with Crippen LogP contribution in [0.5, 0.6) is 0 Å². The number of anilines is 1. The van der Waals surface area contributed by atoms with Crippen molar-refractivity contribution in [2.75, 3.05) is 50.7 Å². The van der Waals surface area contributed by atoms with Crippen molar-refractivity contribution in [2.24, 2.45) is 16.6 Å². The monoisotopic (exact) mass is 548 g/mol. The zero-order valence-electron chi connectivity index (χ0n) is 18.0. The average molecular weight is 549 g/mol. The number of rotatable bonds is 8. The summed E-state index contributed by atoms with van der Waals surface area (Å²) in [6, 6.07) is 4.80. The van der Waals surface area contributed by atoms with Gasteiger partial charge in [0.2, 0.25) is 5.91 Å². The lowest BCUT2D eigenvalue weighted by Crippen LogP contribution is -2.48. The molecule has 0 aromatic carbocycles. The van der Waals surface area contributed by atoms with Crippen LogP contribution in [0.4, 0.5) is 5.00 Å². The third-order valence-electron chi connectivity index (χ3n) is 5.81. The molecule has 7 nitrogen and oxygen atoms in total. The summed E-state index contributed by atoms with van der Waals surface area (Å²) in [7, 11) is 0. The molecule has 1 unspecified atom stereocenters. The van der Waals surface area contributed by atoms with Crippen LogP contribution in [-0.4, -0.2) is 68.6 Å². The van der Waals surface area contributed by atoms with Crippen molar-refractivity contribution in [3.63, 3.8) is 0 Å². The highest BCUT2D eigenvalue weighted by Gasteiger charge is 2.23. The van der Waals surface area contributed by atoms with E-state index < -0.39 is 0 Å². The van der Waals surface area contributed by atoms with Gasteiger partial charge in [0, 0.05) is 38.8 Å². The van der Waals surface area contributed by atoms with Gasteiger partial charge < -0.3 is 26.2 Å². The van der Waals surface area contributed by atoms with Gasteiger partial charge in [-0.25, -0.2) is 0 Å². The van der Waals surface area contributed by atoms with Crippen molar-refractivity contribution in [1.82, 2.24) is 15.5 Å². The van der Waals surface area contributed by atoms with Gasteiger partial charge in [-0.2, -0.15) is 0 Å². The Balaban J connectivity index is 0.00000320. The number of carbonyl (C=O) groups excluding carboxylic acids is 1. The fourth-order valence-corrected chi connectivity index (χ4v) is 4.97. The lowest BCUT2D eigenvalue weighted by atomic mass is 9.97. The van der Waals surface area contributed by atoms with E-state index in [1.807, 2.05) is 11.3 Å². The van der Waals surface area contributed by atoms with Gasteiger partial charge in [-0.3, -0.25) is 9.79 Å². The van der Waals surface area contributed by atoms with Crippen LogP contribution in [0.15, 0.2) is 22.5 Å². The molecule has 4 N–H and O–H groups in total. The molecule has 170 valence electrons. The van der Waals surface area contributed by atoms with E-state index in [1.54, 1.807) is 0 Å². The number of hydrogen-bond acceptors (Lipinski definition) is 5. The maximum atomic E-state index is 11.4. The predicted octanol–water partition coefficient (Wildman–Crippen LogP) is 2.48. The second kappa shape index (κ2) is 13.4. The van der Waals surface area contributed by atoms with Crippen molar-refractivity contribution in [3.8, 4) is 0 Å². The molecular weight excluding hydrogens is 511 g/mol. The molecular formula is C21H37IN6OS. The van der Waals surface area contributed by atoms with Crippen molar-refractivity contribution >= 4 is 52.2 Å². The highest BCUT2D eigenvalue weighted by Crippen LogP contribution is 2.24. The summed E-state index contributed by atoms with van der Waals surface area (Å²) in [5, 5.41) is 10.5. The molecule has 0 aliphatic carbocycles. The van der Waals surface area contributed by atoms with E-state index in [-0.39, 0.29) is 35.8 Å². The van der Waals surface area contributed by atoms with E-state index >= 15 is 0 Å². The smallest absolute Gasteiger partial charge is 0.221 e. The molecule has 1 amide bonds. The number of nitrogens with one attached hydrogen (secondary N) is 2. The number of nitrogens with two attached hydrogens (primary N) is 1. The Morgan fingerprint density at radius 2 is 2.10 bits per heavy atom. The first-order valence-electron chi connectivity index (χ1n) is 11.0. The zero-order valence-corrected chi connectivity index (χ0v) is 21.2. The summed E-state index contributed by atoms with van der Waals surface area (Å²) in [6.07, 6.45) is 5.25. The number of thiophene rings is 1. The molecule has 3 heterocycles. The Kier molecular flexibility index (Phi) is 11.2. The molecule has 1 atom stereocenters. The highest BCUT2D eigenvalue weighted by molar-refractivity contribution is 14.0. The first-order valence-corrected chi connectivity index (χ1v) is 11.9. The van der Waals surface area contributed by atoms with E-state index in [9.17, 15) is 4.79 Å². The second-order valence-electron chi connectivity index (χ2n) is 8.01. The van der Waals surface area contributed by atoms with Crippen molar-refractivity contribution in [2.45, 2.75) is 45.1 Å². The topological polar surface area (TPSA) is 86.0 Å². The Labute approximate surface area is 201 Å². The molecule has 30 heavy (non-hydrogen) atoms. The van der Waals surface area contributed by atoms with E-state index in [2.05, 4.69) is 44.9 Å². The van der Waals surface area contributed by atoms with Crippen molar-refractivity contribution in [3.05, 3.63) is 17.5 Å². The van der Waals surface area contributed by atoms with Crippen LogP contribution in [0, 0.1) is 5.92 Å². The van der Waals surface area contributed by atoms with Gasteiger partial charge >= 0.3 is 0 Å². The van der Waals surface area contributed by atoms with E-state index in [1.165, 1.54) is 5.00 Å². The van der Waals surface area contributed by atoms with Crippen LogP contribution in [-0.2, 0) is 4.79 Å². The van der Waals surface area contributed by atoms with Gasteiger partial charge in [0.1, 0.15) is 0 Å². The number of amides is 1. The highest BCUT2D eigenvalue weighted by atomic mass is 127. The van der Waals surface area contributed by atoms with Gasteiger partial charge in [0.05, 0.1) is 10.9 Å². The van der Waals surface area contributed by atoms with Crippen LogP contribution >= 0.6 is 35.3 Å². The lowest BCUT2D eigenvalue weighted by Gasteiger charge is -2.33. The molecule has 3 rings (SSSR count). The van der Waals surface area contributed by atoms with E-state index in [0.29, 0.717) is 6.04 Å². The number of piperidine rings is 2. The molecule has 0 saturated carbocycles. The van der Waals surface area contributed by atoms with Crippen LogP contribution in [0.3, 0.4) is 0 Å². The summed E-state index contributed by atoms with van der Waals surface area (Å²) in [5.74, 6) is 0.790. The Hall–Kier alpha value is -1.07. The number of carbonyl (C=O) groups is 1. The first-order chi connectivity index (χ1) is 14.2. The zero-order chi connectivity index (χ0) is 20.5. The van der Waals surface area contributed by atoms with E-state index in [0.717, 1.165) is 83.9 Å². The van der Waals surface area contributed by atoms with Gasteiger partial charge in [0.25, 0.3) is 0 Å². The Morgan fingerprint density at radius 3 is 2.77 bits per heavy atom. The van der Waals surface area contributed by atoms with Crippen molar-refractivity contribution in [1.29, 1.82) is 0 Å². The third kappa shape index (κ3) is 7.88. The summed E-state index contributed by atoms with van der Waals surface area (Å²) < 4.78 is 0. The number of halogens is 1. The molecule has 0 spiro atoms. The summed E-state index contributed by atoms with van der Waals surface area (Å²) in [5.41, 5.74) is 5.48. The number of guanidine groups is 1. The van der Waals surface area contributed by atoms with E-state index in [4.69, 9.17) is 10.7 Å². The number of primary amides is 1. The van der Waals surface area contributed by atoms with Gasteiger partial charge in [-0.15, -0.1) is 35.3 Å². The van der Waals surface area contributed by atoms with Gasteiger partial charge in [-0.1, -0.05) is 0 Å². The van der Waals surface area contributed by atoms with Crippen LogP contribution in [0.2, 0.25) is 0 Å². The number of nitrogens with zero attached hydrogens (tertiary/aromatic N) is 3. The number of hydrogen-bond donors (Lipinski definition) is 3. The van der Waals surface area contributed by atoms with Crippen LogP contribution in [0.1, 0.15) is 39.0 Å². The van der Waals surface area contributed by atoms with Crippen LogP contribution in [0.25, 0.3) is 0 Å². The van der Waals surface area contributed by atoms with Crippen molar-refractivity contribution < 1.29 is 4.79 Å². The second-order valence-corrected chi connectivity index (χ2v) is 8.94. The molecule has 2 aliphatic heterocycles. The summed E-state index contributed by atoms with van der Waals surface area (Å²) in [6.45, 7) is 8.80. The predicted molar refractivity (Wildman–Crippen MR) is 137 cm³/mol. The third-order valence-corrected chi connectivity index (χ3v) is 6.74. The quantitative estimate of drug-likeness (QED) is 0.201. The molecule has 2 saturated heterocycles. The fraction of sp³-hybridized carbons (Fsp3) is 0.714. The maximum absolute atomic E-state index is 11.4. The molecule has 9 heteroatoms. The molecule has 1 aromatic rings. The standard InChI is InChI=1S/C21H36N6OS.HI/c1-2-23-21(24-10-5-12-26-11-3-6-17(16-26)20(22)28)25-18-8-13-27(14-9-18)19-7-4-15-29-19;/h4,7,15,17-18H,2-3,5-6,8-14,16H2,1H3,(H2,22,28)(H2,23,24,25);1H. The maximum Gasteiger partial charge on any atom is 0.221 e. The molecule has 2 fully saturated rings. The summed E-state index contributed by atoms with van der Waals surface area (Å²) >= 11 is 1.82. The molecule has 0 bridgehead atoms.